The fraction of sp³-hybridized carbons (Fsp3) is 0.345. The number of aryl methyl sites for hydroxylation is 1. The van der Waals surface area contributed by atoms with Crippen molar-refractivity contribution in [2.45, 2.75) is 12.8 Å². The number of amides is 2. The number of nitrogens with one attached hydrogen (secondary N) is 2. The normalized spacial score (nSPS) is 14.2. The Labute approximate surface area is 246 Å². The van der Waals surface area contributed by atoms with Gasteiger partial charge in [0.25, 0.3) is 5.91 Å². The summed E-state index contributed by atoms with van der Waals surface area (Å²) in [7, 11) is 8.92. The molecule has 2 aromatic carbocycles. The van der Waals surface area contributed by atoms with E-state index in [9.17, 15) is 14.4 Å². The van der Waals surface area contributed by atoms with Crippen LogP contribution in [-0.2, 0) is 4.74 Å². The van der Waals surface area contributed by atoms with Crippen LogP contribution in [0.25, 0.3) is 21.8 Å². The van der Waals surface area contributed by atoms with Crippen LogP contribution in [0.3, 0.4) is 0 Å². The van der Waals surface area contributed by atoms with E-state index in [0.29, 0.717) is 56.0 Å². The smallest absolute Gasteiger partial charge is 0.414 e. The Morgan fingerprint density at radius 2 is 1.69 bits per heavy atom. The average Bonchev–Trinajstić information content (AvgIpc) is 3.67. The number of fused-ring (bicyclic) bond motifs is 4. The van der Waals surface area contributed by atoms with Crippen LogP contribution < -0.4 is 23.8 Å². The molecule has 0 saturated heterocycles. The zero-order valence-electron chi connectivity index (χ0n) is 24.3. The number of aromatic nitrogens is 2. The summed E-state index contributed by atoms with van der Waals surface area (Å²) in [5.41, 5.74) is 3.20. The Morgan fingerprint density at radius 3 is 2.29 bits per heavy atom. The van der Waals surface area contributed by atoms with Gasteiger partial charge in [-0.25, -0.2) is 9.59 Å². The topological polar surface area (TPSA) is 135 Å². The van der Waals surface area contributed by atoms with Crippen molar-refractivity contribution in [3.63, 3.8) is 0 Å². The maximum atomic E-state index is 14.1. The zero-order chi connectivity index (χ0) is 30.5. The van der Waals surface area contributed by atoms with Crippen molar-refractivity contribution in [1.82, 2.24) is 14.9 Å². The van der Waals surface area contributed by atoms with E-state index in [-0.39, 0.29) is 41.3 Å². The van der Waals surface area contributed by atoms with Crippen LogP contribution in [0.2, 0.25) is 0 Å². The molecule has 2 N–H and O–H groups in total. The number of ether oxygens (including phenoxy) is 5. The lowest BCUT2D eigenvalue weighted by Crippen LogP contribution is -2.30. The third kappa shape index (κ3) is 4.42. The molecule has 3 heterocycles. The van der Waals surface area contributed by atoms with Gasteiger partial charge in [0.15, 0.2) is 17.2 Å². The lowest BCUT2D eigenvalue weighted by molar-refractivity contribution is 0.0602. The van der Waals surface area contributed by atoms with Crippen molar-refractivity contribution in [1.29, 1.82) is 0 Å². The number of H-pyrrole nitrogens is 2. The summed E-state index contributed by atoms with van der Waals surface area (Å²) in [5, 5.41) is 1.17. The molecule has 0 saturated carbocycles. The molecule has 13 heteroatoms. The highest BCUT2D eigenvalue weighted by Crippen LogP contribution is 2.48. The lowest BCUT2D eigenvalue weighted by Gasteiger charge is -2.19. The number of benzene rings is 2. The Hall–Kier alpha value is -4.58. The molecule has 0 spiro atoms. The minimum absolute atomic E-state index is 0.154. The molecule has 2 amide bonds. The number of carbonyl (C=O) groups excluding carboxylic acids is 3. The summed E-state index contributed by atoms with van der Waals surface area (Å²) in [6.45, 7) is 1.95. The number of rotatable bonds is 7. The van der Waals surface area contributed by atoms with Crippen LogP contribution in [0.1, 0.15) is 38.0 Å². The highest BCUT2D eigenvalue weighted by molar-refractivity contribution is 6.20. The number of hydrogen-bond donors (Lipinski definition) is 2. The molecular formula is C29H31ClN4O8. The summed E-state index contributed by atoms with van der Waals surface area (Å²) < 4.78 is 27.3. The SMILES string of the molecule is COC(=O)c1c(C)[nH]c2c(OC(=O)N(C)C)cc3c(c12)C(CCl)CN3C(=O)c1cc2cc(OC)c(OC)c(OC)c2[nH]1. The molecule has 222 valence electrons. The third-order valence-corrected chi connectivity index (χ3v) is 7.76. The van der Waals surface area contributed by atoms with Gasteiger partial charge in [-0.2, -0.15) is 0 Å². The molecule has 0 bridgehead atoms. The molecule has 12 nitrogen and oxygen atoms in total. The van der Waals surface area contributed by atoms with Crippen LogP contribution in [0.5, 0.6) is 23.0 Å². The highest BCUT2D eigenvalue weighted by Gasteiger charge is 2.38. The minimum Gasteiger partial charge on any atom is -0.493 e. The van der Waals surface area contributed by atoms with E-state index in [0.717, 1.165) is 0 Å². The van der Waals surface area contributed by atoms with Crippen LogP contribution >= 0.6 is 11.6 Å². The number of aromatic amines is 2. The van der Waals surface area contributed by atoms with E-state index in [4.69, 9.17) is 35.3 Å². The largest absolute Gasteiger partial charge is 0.493 e. The highest BCUT2D eigenvalue weighted by atomic mass is 35.5. The number of hydrogen-bond acceptors (Lipinski definition) is 8. The van der Waals surface area contributed by atoms with E-state index in [1.807, 2.05) is 0 Å². The Morgan fingerprint density at radius 1 is 0.976 bits per heavy atom. The molecule has 5 rings (SSSR count). The van der Waals surface area contributed by atoms with E-state index in [2.05, 4.69) is 9.97 Å². The molecule has 4 aromatic rings. The molecule has 1 aliphatic rings. The molecule has 0 radical (unpaired) electrons. The first-order valence-electron chi connectivity index (χ1n) is 13.0. The van der Waals surface area contributed by atoms with Gasteiger partial charge in [-0.15, -0.1) is 11.6 Å². The van der Waals surface area contributed by atoms with Gasteiger partial charge >= 0.3 is 12.1 Å². The Balaban J connectivity index is 1.72. The predicted octanol–water partition coefficient (Wildman–Crippen LogP) is 4.81. The van der Waals surface area contributed by atoms with Crippen molar-refractivity contribution < 1.29 is 38.1 Å². The van der Waals surface area contributed by atoms with Crippen molar-refractivity contribution in [2.24, 2.45) is 0 Å². The molecular weight excluding hydrogens is 568 g/mol. The quantitative estimate of drug-likeness (QED) is 0.228. The minimum atomic E-state index is -0.626. The summed E-state index contributed by atoms with van der Waals surface area (Å²) >= 11 is 6.45. The number of methoxy groups -OCH3 is 4. The van der Waals surface area contributed by atoms with Gasteiger partial charge in [-0.05, 0) is 24.6 Å². The fourth-order valence-electron chi connectivity index (χ4n) is 5.47. The van der Waals surface area contributed by atoms with E-state index in [1.165, 1.54) is 33.3 Å². The molecule has 2 aromatic heterocycles. The van der Waals surface area contributed by atoms with Gasteiger partial charge in [0.2, 0.25) is 5.75 Å². The Kier molecular flexibility index (Phi) is 7.58. The second-order valence-corrected chi connectivity index (χ2v) is 10.3. The number of halogens is 1. The van der Waals surface area contributed by atoms with Gasteiger partial charge in [0, 0.05) is 55.0 Å². The number of nitrogens with zero attached hydrogens (tertiary/aromatic N) is 2. The molecule has 0 aliphatic carbocycles. The fourth-order valence-corrected chi connectivity index (χ4v) is 5.73. The summed E-state index contributed by atoms with van der Waals surface area (Å²) in [5.74, 6) is 0.276. The second kappa shape index (κ2) is 11.0. The van der Waals surface area contributed by atoms with Crippen molar-refractivity contribution in [3.8, 4) is 23.0 Å². The lowest BCUT2D eigenvalue weighted by atomic mass is 9.95. The van der Waals surface area contributed by atoms with E-state index in [1.54, 1.807) is 44.1 Å². The van der Waals surface area contributed by atoms with Crippen LogP contribution in [-0.4, -0.2) is 87.8 Å². The second-order valence-electron chi connectivity index (χ2n) is 10.00. The van der Waals surface area contributed by atoms with Gasteiger partial charge < -0.3 is 43.5 Å². The average molecular weight is 599 g/mol. The molecule has 1 aliphatic heterocycles. The maximum absolute atomic E-state index is 14.1. The van der Waals surface area contributed by atoms with Gasteiger partial charge in [-0.3, -0.25) is 4.79 Å². The predicted molar refractivity (Wildman–Crippen MR) is 157 cm³/mol. The van der Waals surface area contributed by atoms with Crippen molar-refractivity contribution in [3.05, 3.63) is 40.7 Å². The monoisotopic (exact) mass is 598 g/mol. The molecule has 42 heavy (non-hydrogen) atoms. The van der Waals surface area contributed by atoms with E-state index >= 15 is 0 Å². The van der Waals surface area contributed by atoms with Gasteiger partial charge in [0.1, 0.15) is 5.69 Å². The number of carbonyl (C=O) groups is 3. The zero-order valence-corrected chi connectivity index (χ0v) is 25.0. The van der Waals surface area contributed by atoms with Crippen LogP contribution in [0.4, 0.5) is 10.5 Å². The molecule has 1 atom stereocenters. The molecule has 0 fully saturated rings. The van der Waals surface area contributed by atoms with Crippen molar-refractivity contribution >= 4 is 57.1 Å². The maximum Gasteiger partial charge on any atom is 0.414 e. The van der Waals surface area contributed by atoms with E-state index < -0.39 is 12.1 Å². The summed E-state index contributed by atoms with van der Waals surface area (Å²) in [4.78, 5) is 48.9. The van der Waals surface area contributed by atoms with Crippen molar-refractivity contribution in [2.75, 3.05) is 59.9 Å². The van der Waals surface area contributed by atoms with Gasteiger partial charge in [-0.1, -0.05) is 0 Å². The standard InChI is InChI=1S/C29H31ClN4O8/c1-13-20(28(36)41-7)22-21-15(11-30)12-34(17(21)10-18(24(22)31-13)42-29(37)33(2)3)27(35)16-8-14-9-19(38-4)25(39-5)26(40-6)23(14)32-16/h8-10,15,31-32H,11-12H2,1-7H3. The first kappa shape index (κ1) is 28.9. The Bertz CT molecular complexity index is 1740. The van der Waals surface area contributed by atoms with Crippen LogP contribution in [0.15, 0.2) is 18.2 Å². The molecule has 1 unspecified atom stereocenters. The number of anilines is 1. The first-order valence-corrected chi connectivity index (χ1v) is 13.5. The third-order valence-electron chi connectivity index (χ3n) is 7.38. The first-order chi connectivity index (χ1) is 20.1. The summed E-state index contributed by atoms with van der Waals surface area (Å²) in [6.07, 6.45) is -0.626. The van der Waals surface area contributed by atoms with Gasteiger partial charge in [0.05, 0.1) is 50.7 Å². The number of alkyl halides is 1. The summed E-state index contributed by atoms with van der Waals surface area (Å²) in [6, 6.07) is 5.06. The number of esters is 1. The van der Waals surface area contributed by atoms with Crippen LogP contribution in [0, 0.1) is 6.92 Å².